The number of nitrogens with one attached hydrogen (secondary N) is 12. The lowest BCUT2D eigenvalue weighted by Crippen LogP contribution is -2.64. The lowest BCUT2D eigenvalue weighted by molar-refractivity contribution is -0.157. The summed E-state index contributed by atoms with van der Waals surface area (Å²) < 4.78 is 5.96. The number of amides is 13. The van der Waals surface area contributed by atoms with Crippen LogP contribution in [0.3, 0.4) is 0 Å². The first-order valence-corrected chi connectivity index (χ1v) is 37.5. The fourth-order valence-electron chi connectivity index (χ4n) is 12.1. The second-order valence-electron chi connectivity index (χ2n) is 30.2. The van der Waals surface area contributed by atoms with Gasteiger partial charge in [-0.2, -0.15) is 0 Å². The van der Waals surface area contributed by atoms with Crippen LogP contribution in [0.1, 0.15) is 195 Å². The molecule has 30 heteroatoms. The Morgan fingerprint density at radius 2 is 1.15 bits per heavy atom. The maximum Gasteiger partial charge on any atom is 0.329 e. The summed E-state index contributed by atoms with van der Waals surface area (Å²) in [6.07, 6.45) is 1.02. The number of aliphatic hydroxyl groups excluding tert-OH is 1. The van der Waals surface area contributed by atoms with E-state index in [-0.39, 0.29) is 63.2 Å². The number of likely N-dealkylation sites (tertiary alicyclic amines) is 1. The number of nitrogens with zero attached hydrogens (tertiary/aromatic N) is 1. The molecule has 30 nitrogen and oxygen atoms in total. The highest BCUT2D eigenvalue weighted by atomic mass is 16.5. The van der Waals surface area contributed by atoms with Crippen molar-refractivity contribution in [1.29, 1.82) is 0 Å². The lowest BCUT2D eigenvalue weighted by Gasteiger charge is -2.33. The second-order valence-corrected chi connectivity index (χ2v) is 30.2. The Bertz CT molecular complexity index is 3160. The molecule has 2 saturated heterocycles. The fraction of sp³-hybridized carbons (Fsp3) is 0.707. The smallest absolute Gasteiger partial charge is 0.329 e. The summed E-state index contributed by atoms with van der Waals surface area (Å²) >= 11 is 0. The van der Waals surface area contributed by atoms with Crippen molar-refractivity contribution >= 4 is 82.8 Å². The zero-order chi connectivity index (χ0) is 79.4. The standard InChI is InChI=1S/C75H124N14O16/c1-20-44(16)59(71(100)88-62-47(19)105-75(104)58(43(14)15)84-63(92)49(22-3)77-65(94)51(37-48-30-24-23-25-31-48)79-67(96)55(40(8)9)81-70(99)60(45(17)21-2)86-73(62)102)85-64(93)50(32-27-35-76)78-66(95)52-33-28-36-89(52)74(103)57(42(12)13)83-69(98)56(41(10)11)82-72(101)61(46(18)90)87-68(97)54(39(6)7)80-53(91)34-26-29-38(4)5/h22-25,30-31,38-47,50-52,54-62,90H,20-21,26-29,32-37,76H2,1-19H3,(H,77,94)(H,78,95)(H,79,96)(H,80,91)(H,81,99)(H,82,101)(H,83,98)(H,84,92)(H,85,93)(H,86,102)(H,87,97)(H,88,100)/b49-22-/t44-,45-,46-,47+,50-,51-,52+,54+,55+,56-,57+,58-,59+,60+,61+,62+/m0/s1. The van der Waals surface area contributed by atoms with Crippen molar-refractivity contribution in [3.05, 3.63) is 47.7 Å². The first-order valence-electron chi connectivity index (χ1n) is 37.5. The van der Waals surface area contributed by atoms with E-state index in [0.29, 0.717) is 30.7 Å². The summed E-state index contributed by atoms with van der Waals surface area (Å²) in [5.41, 5.74) is 6.34. The maximum absolute atomic E-state index is 15.0. The number of esters is 1. The third-order valence-electron chi connectivity index (χ3n) is 19.3. The number of cyclic esters (lactones) is 1. The van der Waals surface area contributed by atoms with Crippen LogP contribution in [0.2, 0.25) is 0 Å². The van der Waals surface area contributed by atoms with Gasteiger partial charge in [-0.25, -0.2) is 4.79 Å². The molecule has 0 aromatic heterocycles. The van der Waals surface area contributed by atoms with E-state index in [9.17, 15) is 62.6 Å². The van der Waals surface area contributed by atoms with Crippen LogP contribution in [0.15, 0.2) is 42.1 Å². The van der Waals surface area contributed by atoms with Gasteiger partial charge < -0.3 is 84.3 Å². The van der Waals surface area contributed by atoms with Gasteiger partial charge in [0.15, 0.2) is 0 Å². The molecule has 2 fully saturated rings. The molecule has 1 aromatic carbocycles. The summed E-state index contributed by atoms with van der Waals surface area (Å²) in [6.45, 7) is 31.8. The minimum Gasteiger partial charge on any atom is -0.458 e. The van der Waals surface area contributed by atoms with Crippen LogP contribution in [0.5, 0.6) is 0 Å². The van der Waals surface area contributed by atoms with Crippen molar-refractivity contribution in [3.63, 3.8) is 0 Å². The summed E-state index contributed by atoms with van der Waals surface area (Å²) in [6, 6.07) is -7.67. The van der Waals surface area contributed by atoms with Gasteiger partial charge >= 0.3 is 5.97 Å². The lowest BCUT2D eigenvalue weighted by atomic mass is 9.95. The predicted molar refractivity (Wildman–Crippen MR) is 395 cm³/mol. The van der Waals surface area contributed by atoms with Gasteiger partial charge in [-0.05, 0) is 112 Å². The third-order valence-corrected chi connectivity index (χ3v) is 19.3. The van der Waals surface area contributed by atoms with E-state index in [2.05, 4.69) is 63.8 Å². The summed E-state index contributed by atoms with van der Waals surface area (Å²) in [5.74, 6) is -15.1. The number of hydrogen-bond donors (Lipinski definition) is 14. The van der Waals surface area contributed by atoms with Crippen molar-refractivity contribution in [3.8, 4) is 0 Å². The highest BCUT2D eigenvalue weighted by Crippen LogP contribution is 2.23. The molecule has 2 heterocycles. The SMILES string of the molecule is C/C=C1\NC(=O)[C@H](Cc2ccccc2)NC(=O)[C@@H](C(C)C)NC(=O)[C@@H]([C@@H](C)CC)NC(=O)[C@H](NC(=O)[C@H](NC(=O)[C@H](CCCN)NC(=O)[C@H]2CCCN2C(=O)[C@H](NC(=O)[C@@H](NC(=O)[C@H](NC(=O)[C@H](NC(=O)CCCC(C)C)C(C)C)[C@H](C)O)C(C)C)C(C)C)[C@@H](C)CC)[C@@H](C)OC(=O)[C@H](C(C)C)NC1=O. The molecule has 0 radical (unpaired) electrons. The van der Waals surface area contributed by atoms with E-state index < -0.39 is 203 Å². The molecule has 0 aliphatic carbocycles. The van der Waals surface area contributed by atoms with Crippen LogP contribution < -0.4 is 69.5 Å². The number of benzene rings is 1. The third kappa shape index (κ3) is 27.7. The first-order chi connectivity index (χ1) is 49.2. The zero-order valence-corrected chi connectivity index (χ0v) is 65.2. The summed E-state index contributed by atoms with van der Waals surface area (Å²) in [5, 5.41) is 43.2. The van der Waals surface area contributed by atoms with Gasteiger partial charge in [0, 0.05) is 19.4 Å². The number of ether oxygens (including phenoxy) is 1. The van der Waals surface area contributed by atoms with Crippen LogP contribution in [0.25, 0.3) is 0 Å². The van der Waals surface area contributed by atoms with Crippen LogP contribution in [0, 0.1) is 47.3 Å². The average molecular weight is 1480 g/mol. The van der Waals surface area contributed by atoms with Crippen molar-refractivity contribution in [2.24, 2.45) is 53.1 Å². The van der Waals surface area contributed by atoms with E-state index in [1.54, 1.807) is 127 Å². The molecule has 105 heavy (non-hydrogen) atoms. The van der Waals surface area contributed by atoms with Gasteiger partial charge in [0.2, 0.25) is 70.9 Å². The van der Waals surface area contributed by atoms with E-state index in [0.717, 1.165) is 6.42 Å². The Morgan fingerprint density at radius 1 is 0.610 bits per heavy atom. The van der Waals surface area contributed by atoms with Crippen molar-refractivity contribution in [1.82, 2.24) is 68.7 Å². The van der Waals surface area contributed by atoms with Gasteiger partial charge in [0.1, 0.15) is 84.3 Å². The Kier molecular flexibility index (Phi) is 37.8. The highest BCUT2D eigenvalue weighted by molar-refractivity contribution is 6.03. The monoisotopic (exact) mass is 1480 g/mol. The number of hydrogen-bond acceptors (Lipinski definition) is 17. The van der Waals surface area contributed by atoms with Gasteiger partial charge in [0.25, 0.3) is 5.91 Å². The summed E-state index contributed by atoms with van der Waals surface area (Å²) in [7, 11) is 0. The molecule has 2 aliphatic heterocycles. The maximum atomic E-state index is 15.0. The van der Waals surface area contributed by atoms with E-state index in [1.165, 1.54) is 31.7 Å². The highest BCUT2D eigenvalue weighted by Gasteiger charge is 2.44. The average Bonchev–Trinajstić information content (AvgIpc) is 1.79. The Morgan fingerprint density at radius 3 is 1.69 bits per heavy atom. The molecular weight excluding hydrogens is 1350 g/mol. The molecular formula is C75H124N14O16. The van der Waals surface area contributed by atoms with Crippen molar-refractivity contribution in [2.75, 3.05) is 13.1 Å². The Hall–Kier alpha value is -8.54. The van der Waals surface area contributed by atoms with Gasteiger partial charge in [-0.3, -0.25) is 62.3 Å². The van der Waals surface area contributed by atoms with Crippen LogP contribution >= 0.6 is 0 Å². The van der Waals surface area contributed by atoms with Gasteiger partial charge in [0.05, 0.1) is 6.10 Å². The second kappa shape index (κ2) is 43.8. The van der Waals surface area contributed by atoms with E-state index in [4.69, 9.17) is 10.5 Å². The molecule has 0 bridgehead atoms. The molecule has 13 amide bonds. The molecule has 0 unspecified atom stereocenters. The molecule has 1 aromatic rings. The van der Waals surface area contributed by atoms with E-state index >= 15 is 9.59 Å². The summed E-state index contributed by atoms with van der Waals surface area (Å²) in [4.78, 5) is 202. The van der Waals surface area contributed by atoms with Crippen molar-refractivity contribution < 1.29 is 77.0 Å². The minimum absolute atomic E-state index is 0.0355. The van der Waals surface area contributed by atoms with Crippen LogP contribution in [-0.4, -0.2) is 191 Å². The fourth-order valence-corrected chi connectivity index (χ4v) is 12.1. The number of nitrogens with two attached hydrogens (primary N) is 1. The van der Waals surface area contributed by atoms with Gasteiger partial charge in [-0.1, -0.05) is 166 Å². The predicted octanol–water partition coefficient (Wildman–Crippen LogP) is 1.84. The molecule has 3 rings (SSSR count). The Balaban J connectivity index is 2.00. The molecule has 2 aliphatic rings. The van der Waals surface area contributed by atoms with Gasteiger partial charge in [-0.15, -0.1) is 0 Å². The van der Waals surface area contributed by atoms with Crippen LogP contribution in [-0.2, 0) is 78.3 Å². The minimum atomic E-state index is -1.83. The van der Waals surface area contributed by atoms with Crippen LogP contribution in [0.4, 0.5) is 0 Å². The molecule has 16 atom stereocenters. The number of carbonyl (C=O) groups excluding carboxylic acids is 14. The largest absolute Gasteiger partial charge is 0.458 e. The number of carbonyl (C=O) groups is 14. The van der Waals surface area contributed by atoms with E-state index in [1.807, 2.05) is 13.8 Å². The number of aliphatic hydroxyl groups is 1. The molecule has 0 spiro atoms. The normalized spacial score (nSPS) is 22.6. The topological polar surface area (TPSA) is 442 Å². The van der Waals surface area contributed by atoms with Crippen molar-refractivity contribution in [2.45, 2.75) is 280 Å². The molecule has 0 saturated carbocycles. The molecule has 590 valence electrons. The quantitative estimate of drug-likeness (QED) is 0.0353. The number of rotatable bonds is 33. The molecule has 15 N–H and O–H groups in total. The number of allylic oxidation sites excluding steroid dienone is 1. The first kappa shape index (κ1) is 90.7. The zero-order valence-electron chi connectivity index (χ0n) is 65.2. The Labute approximate surface area is 620 Å².